The van der Waals surface area contributed by atoms with Crippen LogP contribution < -0.4 is 4.72 Å². The molecule has 2 heterocycles. The summed E-state index contributed by atoms with van der Waals surface area (Å²) in [6.45, 7) is 4.75. The highest BCUT2D eigenvalue weighted by molar-refractivity contribution is 7.90. The minimum Gasteiger partial charge on any atom is -0.266 e. The molecule has 3 rings (SSSR count). The molecule has 0 saturated carbocycles. The highest BCUT2D eigenvalue weighted by Crippen LogP contribution is 2.29. The molecule has 4 nitrogen and oxygen atoms in total. The van der Waals surface area contributed by atoms with Crippen LogP contribution in [0.15, 0.2) is 51.7 Å². The van der Waals surface area contributed by atoms with Crippen molar-refractivity contribution in [2.75, 3.05) is 6.54 Å². The van der Waals surface area contributed by atoms with Crippen LogP contribution in [0.2, 0.25) is 0 Å². The number of fused-ring (bicyclic) bond motifs is 1. The largest absolute Gasteiger partial charge is 0.266 e. The molecule has 1 aromatic heterocycles. The van der Waals surface area contributed by atoms with E-state index in [0.29, 0.717) is 22.8 Å². The minimum atomic E-state index is -3.45. The van der Waals surface area contributed by atoms with Crippen molar-refractivity contribution in [3.8, 4) is 0 Å². The normalized spacial score (nSPS) is 18.5. The van der Waals surface area contributed by atoms with Gasteiger partial charge in [-0.15, -0.1) is 11.3 Å². The van der Waals surface area contributed by atoms with Gasteiger partial charge in [-0.05, 0) is 23.6 Å². The molecule has 0 saturated heterocycles. The number of thiophene rings is 1. The number of rotatable bonds is 3. The maximum absolute atomic E-state index is 12.0. The van der Waals surface area contributed by atoms with Crippen molar-refractivity contribution < 1.29 is 8.42 Å². The zero-order valence-corrected chi connectivity index (χ0v) is 13.5. The summed E-state index contributed by atoms with van der Waals surface area (Å²) in [7, 11) is -3.45. The fourth-order valence-electron chi connectivity index (χ4n) is 2.27. The van der Waals surface area contributed by atoms with Crippen molar-refractivity contribution in [3.63, 3.8) is 0 Å². The monoisotopic (exact) mass is 320 g/mol. The average molecular weight is 320 g/mol. The van der Waals surface area contributed by atoms with Crippen molar-refractivity contribution in [1.29, 1.82) is 0 Å². The van der Waals surface area contributed by atoms with Gasteiger partial charge in [0.05, 0.1) is 11.4 Å². The molecule has 0 bridgehead atoms. The first-order chi connectivity index (χ1) is 9.90. The van der Waals surface area contributed by atoms with Crippen molar-refractivity contribution in [2.24, 2.45) is 4.99 Å². The molecule has 1 aliphatic rings. The summed E-state index contributed by atoms with van der Waals surface area (Å²) < 4.78 is 26.6. The van der Waals surface area contributed by atoms with Gasteiger partial charge in [-0.3, -0.25) is 9.71 Å². The fraction of sp³-hybridized carbons (Fsp3) is 0.267. The number of hydrogen-bond donors (Lipinski definition) is 1. The van der Waals surface area contributed by atoms with E-state index in [1.54, 1.807) is 29.5 Å². The van der Waals surface area contributed by atoms with Crippen molar-refractivity contribution >= 4 is 27.2 Å². The van der Waals surface area contributed by atoms with Gasteiger partial charge in [0.2, 0.25) is 0 Å². The molecule has 0 unspecified atom stereocenters. The van der Waals surface area contributed by atoms with Crippen molar-refractivity contribution in [2.45, 2.75) is 24.2 Å². The molecule has 2 aromatic rings. The Balaban J connectivity index is 1.93. The van der Waals surface area contributed by atoms with Gasteiger partial charge in [-0.25, -0.2) is 8.42 Å². The number of nitrogens with zero attached hydrogens (tertiary/aromatic N) is 1. The first kappa shape index (κ1) is 14.3. The van der Waals surface area contributed by atoms with Gasteiger partial charge < -0.3 is 0 Å². The van der Waals surface area contributed by atoms with Gasteiger partial charge in [0, 0.05) is 15.9 Å². The molecule has 1 N–H and O–H groups in total. The van der Waals surface area contributed by atoms with Crippen LogP contribution in [-0.4, -0.2) is 20.8 Å². The topological polar surface area (TPSA) is 58.5 Å². The van der Waals surface area contributed by atoms with Crippen LogP contribution in [0.3, 0.4) is 0 Å². The molecule has 21 heavy (non-hydrogen) atoms. The summed E-state index contributed by atoms with van der Waals surface area (Å²) in [5.74, 6) is 0.440. The van der Waals surface area contributed by atoms with Gasteiger partial charge in [0.25, 0.3) is 10.0 Å². The molecular weight excluding hydrogens is 304 g/mol. The molecule has 0 fully saturated rings. The second-order valence-electron chi connectivity index (χ2n) is 5.63. The van der Waals surface area contributed by atoms with Crippen molar-refractivity contribution in [1.82, 2.24) is 4.72 Å². The predicted octanol–water partition coefficient (Wildman–Crippen LogP) is 2.76. The average Bonchev–Trinajstić information content (AvgIpc) is 3.05. The second kappa shape index (κ2) is 4.96. The summed E-state index contributed by atoms with van der Waals surface area (Å²) in [5, 5.41) is 2.04. The number of nitrogens with one attached hydrogen (secondary N) is 1. The van der Waals surface area contributed by atoms with Crippen molar-refractivity contribution in [3.05, 3.63) is 52.2 Å². The van der Waals surface area contributed by atoms with Gasteiger partial charge in [-0.1, -0.05) is 32.0 Å². The number of sulfonamides is 1. The van der Waals surface area contributed by atoms with E-state index >= 15 is 0 Å². The summed E-state index contributed by atoms with van der Waals surface area (Å²) in [4.78, 5) is 6.06. The number of hydrogen-bond acceptors (Lipinski definition) is 4. The van der Waals surface area contributed by atoms with Crippen LogP contribution in [0.4, 0.5) is 0 Å². The predicted molar refractivity (Wildman–Crippen MR) is 85.5 cm³/mol. The Labute approximate surface area is 128 Å². The van der Waals surface area contributed by atoms with Crippen LogP contribution in [0.1, 0.15) is 24.3 Å². The molecule has 6 heteroatoms. The number of benzene rings is 1. The molecule has 0 atom stereocenters. The Morgan fingerprint density at radius 1 is 1.19 bits per heavy atom. The third-order valence-electron chi connectivity index (χ3n) is 3.48. The zero-order chi connectivity index (χ0) is 15.1. The highest BCUT2D eigenvalue weighted by Gasteiger charge is 2.31. The van der Waals surface area contributed by atoms with E-state index in [4.69, 9.17) is 0 Å². The van der Waals surface area contributed by atoms with Crippen LogP contribution in [0, 0.1) is 0 Å². The molecule has 0 spiro atoms. The lowest BCUT2D eigenvalue weighted by atomic mass is 9.92. The lowest BCUT2D eigenvalue weighted by Crippen LogP contribution is -2.26. The van der Waals surface area contributed by atoms with E-state index in [1.165, 1.54) is 4.88 Å². The lowest BCUT2D eigenvalue weighted by Gasteiger charge is -2.20. The quantitative estimate of drug-likeness (QED) is 0.945. The summed E-state index contributed by atoms with van der Waals surface area (Å²) in [6.07, 6.45) is 0. The molecule has 110 valence electrons. The third-order valence-corrected chi connectivity index (χ3v) is 6.12. The van der Waals surface area contributed by atoms with Gasteiger partial charge in [0.15, 0.2) is 0 Å². The van der Waals surface area contributed by atoms with E-state index < -0.39 is 10.0 Å². The smallest absolute Gasteiger partial charge is 0.263 e. The fourth-order valence-corrected chi connectivity index (χ4v) is 4.36. The summed E-state index contributed by atoms with van der Waals surface area (Å²) in [6, 6.07) is 11.0. The van der Waals surface area contributed by atoms with Crippen LogP contribution in [-0.2, 0) is 15.4 Å². The Kier molecular flexibility index (Phi) is 3.37. The Morgan fingerprint density at radius 3 is 2.67 bits per heavy atom. The molecule has 0 aliphatic carbocycles. The van der Waals surface area contributed by atoms with Crippen LogP contribution in [0.5, 0.6) is 0 Å². The Bertz CT molecular complexity index is 791. The molecule has 1 aliphatic heterocycles. The van der Waals surface area contributed by atoms with Crippen LogP contribution >= 0.6 is 11.3 Å². The number of aliphatic imine (C=N–C) groups is 1. The Morgan fingerprint density at radius 2 is 1.95 bits per heavy atom. The maximum Gasteiger partial charge on any atom is 0.263 e. The van der Waals surface area contributed by atoms with E-state index in [1.807, 2.05) is 17.5 Å². The van der Waals surface area contributed by atoms with E-state index in [-0.39, 0.29) is 5.41 Å². The zero-order valence-electron chi connectivity index (χ0n) is 11.8. The van der Waals surface area contributed by atoms with E-state index in [0.717, 1.165) is 0 Å². The third kappa shape index (κ3) is 2.61. The lowest BCUT2D eigenvalue weighted by molar-refractivity contribution is 0.551. The minimum absolute atomic E-state index is 0.121. The maximum atomic E-state index is 12.0. The van der Waals surface area contributed by atoms with Gasteiger partial charge >= 0.3 is 0 Å². The molecule has 0 radical (unpaired) electrons. The van der Waals surface area contributed by atoms with Crippen LogP contribution in [0.25, 0.3) is 0 Å². The molecule has 0 amide bonds. The van der Waals surface area contributed by atoms with E-state index in [9.17, 15) is 8.42 Å². The molecule has 1 aromatic carbocycles. The van der Waals surface area contributed by atoms with Gasteiger partial charge in [-0.2, -0.15) is 0 Å². The summed E-state index contributed by atoms with van der Waals surface area (Å²) in [5.41, 5.74) is 0.531. The summed E-state index contributed by atoms with van der Waals surface area (Å²) >= 11 is 1.69. The second-order valence-corrected chi connectivity index (χ2v) is 8.23. The number of amidine groups is 1. The van der Waals surface area contributed by atoms with E-state index in [2.05, 4.69) is 29.6 Å². The first-order valence-corrected chi connectivity index (χ1v) is 8.97. The molecular formula is C15H16N2O2S2. The Hall–Kier alpha value is -1.66. The SMILES string of the molecule is CC(C)(CN=C1NS(=O)(=O)c2ccccc21)c1cccs1. The van der Waals surface area contributed by atoms with Gasteiger partial charge in [0.1, 0.15) is 5.84 Å². The highest BCUT2D eigenvalue weighted by atomic mass is 32.2. The first-order valence-electron chi connectivity index (χ1n) is 6.61. The standard InChI is InChI=1S/C15H16N2O2S2/c1-15(2,13-8-5-9-20-13)10-16-14-11-6-3-4-7-12(11)21(18,19)17-14/h3-9H,10H2,1-2H3,(H,16,17).